The zero-order valence-electron chi connectivity index (χ0n) is 14.4. The summed E-state index contributed by atoms with van der Waals surface area (Å²) < 4.78 is 37.8. The van der Waals surface area contributed by atoms with Gasteiger partial charge < -0.3 is 10.2 Å². The third kappa shape index (κ3) is 4.39. The summed E-state index contributed by atoms with van der Waals surface area (Å²) in [7, 11) is -3.15. The van der Waals surface area contributed by atoms with Gasteiger partial charge in [-0.1, -0.05) is 6.07 Å². The number of halogens is 1. The molecule has 0 radical (unpaired) electrons. The van der Waals surface area contributed by atoms with Crippen molar-refractivity contribution in [2.45, 2.75) is 0 Å². The first-order valence-electron chi connectivity index (χ1n) is 8.20. The molecular weight excluding hydrogens is 357 g/mol. The Bertz CT molecular complexity index is 892. The fourth-order valence-electron chi connectivity index (χ4n) is 2.87. The summed E-state index contributed by atoms with van der Waals surface area (Å²) in [6.45, 7) is 2.14. The lowest BCUT2D eigenvalue weighted by Crippen LogP contribution is -2.48. The van der Waals surface area contributed by atoms with Gasteiger partial charge in [-0.3, -0.25) is 4.79 Å². The average Bonchev–Trinajstić information content (AvgIpc) is 2.62. The topological polar surface area (TPSA) is 69.7 Å². The second-order valence-corrected chi connectivity index (χ2v) is 8.14. The van der Waals surface area contributed by atoms with Gasteiger partial charge >= 0.3 is 0 Å². The highest BCUT2D eigenvalue weighted by molar-refractivity contribution is 7.88. The highest BCUT2D eigenvalue weighted by atomic mass is 32.2. The van der Waals surface area contributed by atoms with Gasteiger partial charge in [0.25, 0.3) is 5.91 Å². The zero-order valence-corrected chi connectivity index (χ0v) is 15.2. The Balaban J connectivity index is 1.61. The number of nitrogens with one attached hydrogen (secondary N) is 1. The Morgan fingerprint density at radius 2 is 1.69 bits per heavy atom. The minimum absolute atomic E-state index is 0.256. The van der Waals surface area contributed by atoms with Gasteiger partial charge in [-0.05, 0) is 42.5 Å². The smallest absolute Gasteiger partial charge is 0.255 e. The second kappa shape index (κ2) is 7.43. The monoisotopic (exact) mass is 377 g/mol. The minimum atomic E-state index is -3.15. The first-order chi connectivity index (χ1) is 12.3. The van der Waals surface area contributed by atoms with Crippen LogP contribution in [0.1, 0.15) is 10.4 Å². The molecule has 0 atom stereocenters. The molecule has 0 unspecified atom stereocenters. The van der Waals surface area contributed by atoms with Gasteiger partial charge in [0.1, 0.15) is 5.82 Å². The number of hydrogen-bond donors (Lipinski definition) is 1. The third-order valence-corrected chi connectivity index (χ3v) is 5.59. The van der Waals surface area contributed by atoms with Crippen molar-refractivity contribution in [3.8, 4) is 0 Å². The normalized spacial score (nSPS) is 15.7. The highest BCUT2D eigenvalue weighted by Crippen LogP contribution is 2.20. The third-order valence-electron chi connectivity index (χ3n) is 4.28. The van der Waals surface area contributed by atoms with Crippen molar-refractivity contribution >= 4 is 27.3 Å². The number of nitrogens with zero attached hydrogens (tertiary/aromatic N) is 2. The number of carbonyl (C=O) groups excluding carboxylic acids is 1. The molecule has 0 aromatic heterocycles. The Kier molecular flexibility index (Phi) is 5.24. The van der Waals surface area contributed by atoms with E-state index in [1.54, 1.807) is 18.2 Å². The number of benzene rings is 2. The van der Waals surface area contributed by atoms with Crippen LogP contribution in [-0.4, -0.2) is 51.1 Å². The summed E-state index contributed by atoms with van der Waals surface area (Å²) in [5.41, 5.74) is 1.82. The van der Waals surface area contributed by atoms with E-state index in [1.807, 2.05) is 12.1 Å². The van der Waals surface area contributed by atoms with Crippen molar-refractivity contribution in [1.29, 1.82) is 0 Å². The molecule has 0 saturated carbocycles. The molecular formula is C18H20FN3O3S. The van der Waals surface area contributed by atoms with E-state index in [0.717, 1.165) is 5.69 Å². The Morgan fingerprint density at radius 1 is 1.04 bits per heavy atom. The molecule has 3 rings (SSSR count). The maximum Gasteiger partial charge on any atom is 0.255 e. The predicted octanol–water partition coefficient (Wildman–Crippen LogP) is 2.16. The molecule has 1 fully saturated rings. The molecule has 0 bridgehead atoms. The van der Waals surface area contributed by atoms with E-state index in [4.69, 9.17) is 0 Å². The van der Waals surface area contributed by atoms with Crippen LogP contribution in [-0.2, 0) is 10.0 Å². The summed E-state index contributed by atoms with van der Waals surface area (Å²) in [5.74, 6) is -0.833. The van der Waals surface area contributed by atoms with Gasteiger partial charge in [0.2, 0.25) is 10.0 Å². The number of carbonyl (C=O) groups is 1. The van der Waals surface area contributed by atoms with Crippen LogP contribution in [0.15, 0.2) is 48.5 Å². The van der Waals surface area contributed by atoms with Crippen molar-refractivity contribution < 1.29 is 17.6 Å². The number of anilines is 2. The van der Waals surface area contributed by atoms with Gasteiger partial charge in [-0.25, -0.2) is 12.8 Å². The largest absolute Gasteiger partial charge is 0.369 e. The molecule has 1 N–H and O–H groups in total. The number of piperazine rings is 1. The summed E-state index contributed by atoms with van der Waals surface area (Å²) in [6, 6.07) is 12.8. The van der Waals surface area contributed by atoms with Gasteiger partial charge in [0.15, 0.2) is 0 Å². The van der Waals surface area contributed by atoms with Crippen LogP contribution >= 0.6 is 0 Å². The minimum Gasteiger partial charge on any atom is -0.369 e. The Labute approximate surface area is 152 Å². The lowest BCUT2D eigenvalue weighted by molar-refractivity contribution is 0.102. The van der Waals surface area contributed by atoms with E-state index in [9.17, 15) is 17.6 Å². The second-order valence-electron chi connectivity index (χ2n) is 6.16. The lowest BCUT2D eigenvalue weighted by atomic mass is 10.2. The number of amides is 1. The molecule has 138 valence electrons. The predicted molar refractivity (Wildman–Crippen MR) is 99.4 cm³/mol. The molecule has 1 saturated heterocycles. The lowest BCUT2D eigenvalue weighted by Gasteiger charge is -2.34. The van der Waals surface area contributed by atoms with Crippen molar-refractivity contribution in [2.75, 3.05) is 42.7 Å². The fourth-order valence-corrected chi connectivity index (χ4v) is 3.69. The van der Waals surface area contributed by atoms with Crippen LogP contribution in [0.25, 0.3) is 0 Å². The van der Waals surface area contributed by atoms with E-state index < -0.39 is 15.8 Å². The molecule has 2 aromatic rings. The van der Waals surface area contributed by atoms with E-state index in [2.05, 4.69) is 10.2 Å². The standard InChI is InChI=1S/C18H20FN3O3S/c1-26(24,25)22-11-9-21(10-12-22)17-7-5-16(6-8-17)20-18(23)14-3-2-4-15(19)13-14/h2-8,13H,9-12H2,1H3,(H,20,23). The van der Waals surface area contributed by atoms with Crippen molar-refractivity contribution in [3.05, 3.63) is 59.9 Å². The van der Waals surface area contributed by atoms with Crippen LogP contribution < -0.4 is 10.2 Å². The van der Waals surface area contributed by atoms with Gasteiger partial charge in [-0.15, -0.1) is 0 Å². The molecule has 1 heterocycles. The van der Waals surface area contributed by atoms with E-state index >= 15 is 0 Å². The van der Waals surface area contributed by atoms with Crippen LogP contribution in [0.2, 0.25) is 0 Å². The van der Waals surface area contributed by atoms with Gasteiger partial charge in [0, 0.05) is 43.1 Å². The van der Waals surface area contributed by atoms with E-state index in [0.29, 0.717) is 31.9 Å². The summed E-state index contributed by atoms with van der Waals surface area (Å²) >= 11 is 0. The molecule has 1 amide bonds. The highest BCUT2D eigenvalue weighted by Gasteiger charge is 2.23. The van der Waals surface area contributed by atoms with Gasteiger partial charge in [0.05, 0.1) is 6.26 Å². The summed E-state index contributed by atoms with van der Waals surface area (Å²) in [4.78, 5) is 14.2. The summed E-state index contributed by atoms with van der Waals surface area (Å²) in [6.07, 6.45) is 1.22. The fraction of sp³-hybridized carbons (Fsp3) is 0.278. The molecule has 1 aliphatic heterocycles. The van der Waals surface area contributed by atoms with Gasteiger partial charge in [-0.2, -0.15) is 4.31 Å². The number of rotatable bonds is 4. The van der Waals surface area contributed by atoms with Crippen LogP contribution in [0, 0.1) is 5.82 Å². The number of hydrogen-bond acceptors (Lipinski definition) is 4. The van der Waals surface area contributed by atoms with E-state index in [1.165, 1.54) is 28.8 Å². The summed E-state index contributed by atoms with van der Waals surface area (Å²) in [5, 5.41) is 2.73. The first kappa shape index (κ1) is 18.3. The van der Waals surface area contributed by atoms with Crippen molar-refractivity contribution in [3.63, 3.8) is 0 Å². The molecule has 0 spiro atoms. The Hall–Kier alpha value is -2.45. The first-order valence-corrected chi connectivity index (χ1v) is 10.0. The van der Waals surface area contributed by atoms with Crippen LogP contribution in [0.3, 0.4) is 0 Å². The quantitative estimate of drug-likeness (QED) is 0.887. The zero-order chi connectivity index (χ0) is 18.7. The SMILES string of the molecule is CS(=O)(=O)N1CCN(c2ccc(NC(=O)c3cccc(F)c3)cc2)CC1. The van der Waals surface area contributed by atoms with Crippen molar-refractivity contribution in [2.24, 2.45) is 0 Å². The molecule has 8 heteroatoms. The van der Waals surface area contributed by atoms with Crippen molar-refractivity contribution in [1.82, 2.24) is 4.31 Å². The molecule has 1 aliphatic rings. The number of sulfonamides is 1. The average molecular weight is 377 g/mol. The van der Waals surface area contributed by atoms with Crippen LogP contribution in [0.4, 0.5) is 15.8 Å². The Morgan fingerprint density at radius 3 is 2.27 bits per heavy atom. The molecule has 6 nitrogen and oxygen atoms in total. The maximum atomic E-state index is 13.2. The maximum absolute atomic E-state index is 13.2. The molecule has 0 aliphatic carbocycles. The molecule has 26 heavy (non-hydrogen) atoms. The van der Waals surface area contributed by atoms with Crippen LogP contribution in [0.5, 0.6) is 0 Å². The molecule has 2 aromatic carbocycles. The van der Waals surface area contributed by atoms with E-state index in [-0.39, 0.29) is 11.5 Å².